The maximum atomic E-state index is 5.06. The van der Waals surface area contributed by atoms with Crippen LogP contribution in [0.15, 0.2) is 170 Å². The van der Waals surface area contributed by atoms with Crippen LogP contribution >= 0.6 is 11.3 Å². The van der Waals surface area contributed by atoms with E-state index in [9.17, 15) is 0 Å². The highest BCUT2D eigenvalue weighted by Gasteiger charge is 2.18. The maximum Gasteiger partial charge on any atom is 0.164 e. The van der Waals surface area contributed by atoms with Crippen molar-refractivity contribution in [2.24, 2.45) is 0 Å². The molecule has 0 amide bonds. The number of thiophene rings is 1. The molecule has 0 atom stereocenters. The SMILES string of the molecule is c1ccc(-c2nc3nc(n2)-c2cccc(c2)-c2cccc(c2)N(c2ccc4sc5ccccc5c4c2)c2cccc(c2)-c2cccc-3c2)cc1. The Morgan fingerprint density at radius 2 is 0.780 bits per heavy atom. The molecule has 10 bridgehead atoms. The third-order valence-electron chi connectivity index (χ3n) is 9.40. The van der Waals surface area contributed by atoms with Gasteiger partial charge in [-0.1, -0.05) is 109 Å². The lowest BCUT2D eigenvalue weighted by Gasteiger charge is -2.27. The summed E-state index contributed by atoms with van der Waals surface area (Å²) in [5.41, 5.74) is 10.5. The van der Waals surface area contributed by atoms with Crippen LogP contribution < -0.4 is 4.90 Å². The Labute approximate surface area is 293 Å². The zero-order valence-corrected chi connectivity index (χ0v) is 27.7. The fourth-order valence-corrected chi connectivity index (χ4v) is 8.06. The number of aromatic nitrogens is 3. The summed E-state index contributed by atoms with van der Waals surface area (Å²) in [5, 5.41) is 2.56. The van der Waals surface area contributed by atoms with E-state index in [-0.39, 0.29) is 0 Å². The van der Waals surface area contributed by atoms with E-state index in [0.29, 0.717) is 17.5 Å². The van der Waals surface area contributed by atoms with E-state index in [1.54, 1.807) is 0 Å². The van der Waals surface area contributed by atoms with Gasteiger partial charge in [-0.25, -0.2) is 15.0 Å². The third-order valence-corrected chi connectivity index (χ3v) is 10.6. The van der Waals surface area contributed by atoms with Gasteiger partial charge in [0.25, 0.3) is 0 Å². The molecular formula is C45H28N4S. The Bertz CT molecular complexity index is 2620. The number of hydrogen-bond acceptors (Lipinski definition) is 5. The van der Waals surface area contributed by atoms with E-state index in [1.807, 2.05) is 41.7 Å². The van der Waals surface area contributed by atoms with Crippen molar-refractivity contribution >= 4 is 48.6 Å². The number of benzene rings is 7. The van der Waals surface area contributed by atoms with E-state index in [4.69, 9.17) is 15.0 Å². The first-order valence-corrected chi connectivity index (χ1v) is 17.5. The molecule has 0 saturated heterocycles. The van der Waals surface area contributed by atoms with E-state index in [0.717, 1.165) is 56.0 Å². The minimum atomic E-state index is 0.643. The first-order valence-electron chi connectivity index (χ1n) is 16.7. The second-order valence-corrected chi connectivity index (χ2v) is 13.6. The fraction of sp³-hybridized carbons (Fsp3) is 0. The average molecular weight is 657 g/mol. The Morgan fingerprint density at radius 1 is 0.320 bits per heavy atom. The lowest BCUT2D eigenvalue weighted by molar-refractivity contribution is 1.07. The molecular weight excluding hydrogens is 629 g/mol. The van der Waals surface area contributed by atoms with Gasteiger partial charge in [0.15, 0.2) is 17.5 Å². The van der Waals surface area contributed by atoms with Crippen LogP contribution in [-0.4, -0.2) is 15.0 Å². The van der Waals surface area contributed by atoms with Crippen molar-refractivity contribution in [2.75, 3.05) is 4.90 Å². The van der Waals surface area contributed by atoms with Crippen molar-refractivity contribution in [1.82, 2.24) is 15.0 Å². The molecule has 4 nitrogen and oxygen atoms in total. The van der Waals surface area contributed by atoms with Crippen LogP contribution in [0.25, 0.3) is 76.6 Å². The highest BCUT2D eigenvalue weighted by molar-refractivity contribution is 7.25. The molecule has 1 aliphatic rings. The summed E-state index contributed by atoms with van der Waals surface area (Å²) in [6, 6.07) is 60.3. The standard InChI is InChI=1S/C45H28N4S/c1-2-10-29(11-3-1)43-46-44-34-16-6-12-30(24-34)32-14-8-18-36(26-32)49(38-22-23-42-40(28-38)39-20-4-5-21-41(39)50-42)37-19-9-15-33(27-37)31-13-7-17-35(25-31)45(47-43)48-44/h1-28H. The maximum absolute atomic E-state index is 5.06. The third kappa shape index (κ3) is 4.95. The first kappa shape index (κ1) is 28.6. The molecule has 0 radical (unpaired) electrons. The molecule has 50 heavy (non-hydrogen) atoms. The van der Waals surface area contributed by atoms with Gasteiger partial charge in [0, 0.05) is 53.9 Å². The van der Waals surface area contributed by atoms with Gasteiger partial charge >= 0.3 is 0 Å². The first-order chi connectivity index (χ1) is 24.7. The minimum Gasteiger partial charge on any atom is -0.310 e. The van der Waals surface area contributed by atoms with Crippen molar-refractivity contribution in [3.8, 4) is 56.4 Å². The molecule has 0 aliphatic carbocycles. The second-order valence-electron chi connectivity index (χ2n) is 12.5. The lowest BCUT2D eigenvalue weighted by Crippen LogP contribution is -2.10. The molecule has 0 saturated carbocycles. The van der Waals surface area contributed by atoms with Gasteiger partial charge in [-0.3, -0.25) is 0 Å². The summed E-state index contributed by atoms with van der Waals surface area (Å²) in [6.45, 7) is 0. The highest BCUT2D eigenvalue weighted by Crippen LogP contribution is 2.42. The summed E-state index contributed by atoms with van der Waals surface area (Å²) in [6.07, 6.45) is 0. The van der Waals surface area contributed by atoms with Gasteiger partial charge < -0.3 is 4.90 Å². The molecule has 0 N–H and O–H groups in total. The quantitative estimate of drug-likeness (QED) is 0.186. The molecule has 0 unspecified atom stereocenters. The Balaban J connectivity index is 1.23. The van der Waals surface area contributed by atoms with Gasteiger partial charge in [-0.15, -0.1) is 11.3 Å². The lowest BCUT2D eigenvalue weighted by atomic mass is 9.99. The van der Waals surface area contributed by atoms with Gasteiger partial charge in [0.1, 0.15) is 0 Å². The summed E-state index contributed by atoms with van der Waals surface area (Å²) < 4.78 is 2.59. The van der Waals surface area contributed by atoms with Crippen LogP contribution in [-0.2, 0) is 0 Å². The molecule has 3 heterocycles. The van der Waals surface area contributed by atoms with Crippen LogP contribution in [0.2, 0.25) is 0 Å². The normalized spacial score (nSPS) is 12.0. The highest BCUT2D eigenvalue weighted by atomic mass is 32.1. The molecule has 9 aromatic rings. The molecule has 234 valence electrons. The van der Waals surface area contributed by atoms with Crippen molar-refractivity contribution in [1.29, 1.82) is 0 Å². The second kappa shape index (κ2) is 11.6. The molecule has 5 heteroatoms. The molecule has 7 aromatic carbocycles. The minimum absolute atomic E-state index is 0.643. The molecule has 0 spiro atoms. The molecule has 2 aromatic heterocycles. The number of anilines is 3. The molecule has 0 fully saturated rings. The van der Waals surface area contributed by atoms with Crippen LogP contribution in [0.3, 0.4) is 0 Å². The van der Waals surface area contributed by atoms with Gasteiger partial charge in [0.2, 0.25) is 0 Å². The van der Waals surface area contributed by atoms with E-state index < -0.39 is 0 Å². The summed E-state index contributed by atoms with van der Waals surface area (Å²) in [5.74, 6) is 1.94. The summed E-state index contributed by atoms with van der Waals surface area (Å²) in [4.78, 5) is 17.4. The Morgan fingerprint density at radius 3 is 1.42 bits per heavy atom. The van der Waals surface area contributed by atoms with Crippen molar-refractivity contribution < 1.29 is 0 Å². The van der Waals surface area contributed by atoms with Crippen LogP contribution in [0.5, 0.6) is 0 Å². The number of rotatable bonds is 2. The smallest absolute Gasteiger partial charge is 0.164 e. The Hall–Kier alpha value is -6.43. The molecule has 1 aliphatic heterocycles. The van der Waals surface area contributed by atoms with E-state index in [1.165, 1.54) is 20.2 Å². The van der Waals surface area contributed by atoms with Gasteiger partial charge in [-0.2, -0.15) is 0 Å². The van der Waals surface area contributed by atoms with Crippen LogP contribution in [0, 0.1) is 0 Å². The molecule has 10 rings (SSSR count). The monoisotopic (exact) mass is 656 g/mol. The van der Waals surface area contributed by atoms with Crippen molar-refractivity contribution in [3.05, 3.63) is 170 Å². The predicted molar refractivity (Wildman–Crippen MR) is 208 cm³/mol. The summed E-state index contributed by atoms with van der Waals surface area (Å²) in [7, 11) is 0. The average Bonchev–Trinajstić information content (AvgIpc) is 3.56. The summed E-state index contributed by atoms with van der Waals surface area (Å²) >= 11 is 1.84. The van der Waals surface area contributed by atoms with Gasteiger partial charge in [0.05, 0.1) is 0 Å². The zero-order chi connectivity index (χ0) is 33.0. The number of fused-ring (bicyclic) bond motifs is 17. The largest absolute Gasteiger partial charge is 0.310 e. The zero-order valence-electron chi connectivity index (χ0n) is 26.9. The predicted octanol–water partition coefficient (Wildman–Crippen LogP) is 12.4. The van der Waals surface area contributed by atoms with E-state index >= 15 is 0 Å². The van der Waals surface area contributed by atoms with Crippen molar-refractivity contribution in [2.45, 2.75) is 0 Å². The topological polar surface area (TPSA) is 41.9 Å². The van der Waals surface area contributed by atoms with Crippen LogP contribution in [0.4, 0.5) is 17.1 Å². The number of nitrogens with zero attached hydrogens (tertiary/aromatic N) is 4. The van der Waals surface area contributed by atoms with Gasteiger partial charge in [-0.05, 0) is 82.9 Å². The number of hydrogen-bond donors (Lipinski definition) is 0. The fourth-order valence-electron chi connectivity index (χ4n) is 6.98. The van der Waals surface area contributed by atoms with Crippen LogP contribution in [0.1, 0.15) is 0 Å². The van der Waals surface area contributed by atoms with E-state index in [2.05, 4.69) is 144 Å². The Kier molecular flexibility index (Phi) is 6.64. The van der Waals surface area contributed by atoms with Crippen molar-refractivity contribution in [3.63, 3.8) is 0 Å².